The molecule has 2 aromatic rings. The number of hydrogen-bond donors (Lipinski definition) is 0. The van der Waals surface area contributed by atoms with Crippen molar-refractivity contribution in [2.45, 2.75) is 25.2 Å². The van der Waals surface area contributed by atoms with Gasteiger partial charge in [0.05, 0.1) is 10.8 Å². The Hall–Kier alpha value is -2.37. The fourth-order valence-electron chi connectivity index (χ4n) is 4.23. The lowest BCUT2D eigenvalue weighted by Gasteiger charge is -2.35. The molecule has 172 valence electrons. The number of halogens is 2. The van der Waals surface area contributed by atoms with Gasteiger partial charge in [0.25, 0.3) is 0 Å². The molecule has 1 unspecified atom stereocenters. The summed E-state index contributed by atoms with van der Waals surface area (Å²) in [5, 5.41) is 0. The molecule has 32 heavy (non-hydrogen) atoms. The maximum Gasteiger partial charge on any atom is 0.244 e. The quantitative estimate of drug-likeness (QED) is 0.670. The van der Waals surface area contributed by atoms with Gasteiger partial charge in [-0.25, -0.2) is 17.2 Å². The van der Waals surface area contributed by atoms with Gasteiger partial charge in [-0.3, -0.25) is 9.59 Å². The van der Waals surface area contributed by atoms with Crippen molar-refractivity contribution in [3.8, 4) is 0 Å². The van der Waals surface area contributed by atoms with Crippen LogP contribution in [0.5, 0.6) is 0 Å². The summed E-state index contributed by atoms with van der Waals surface area (Å²) >= 11 is 1.43. The zero-order valence-electron chi connectivity index (χ0n) is 17.7. The molecule has 0 saturated carbocycles. The highest BCUT2D eigenvalue weighted by atomic mass is 32.2. The van der Waals surface area contributed by atoms with Crippen LogP contribution in [0.15, 0.2) is 29.2 Å². The number of rotatable bonds is 4. The van der Waals surface area contributed by atoms with Crippen LogP contribution in [0.3, 0.4) is 0 Å². The molecule has 1 aromatic carbocycles. The molecular formula is C21H23F2N3O4S2. The molecule has 0 aliphatic carbocycles. The van der Waals surface area contributed by atoms with Crippen LogP contribution in [0.2, 0.25) is 0 Å². The lowest BCUT2D eigenvalue weighted by atomic mass is 10.1. The van der Waals surface area contributed by atoms with Crippen LogP contribution >= 0.6 is 11.3 Å². The van der Waals surface area contributed by atoms with Crippen LogP contribution < -0.4 is 4.90 Å². The third-order valence-electron chi connectivity index (χ3n) is 5.80. The van der Waals surface area contributed by atoms with Gasteiger partial charge in [-0.1, -0.05) is 0 Å². The second-order valence-electron chi connectivity index (χ2n) is 8.04. The normalized spacial score (nSPS) is 20.2. The van der Waals surface area contributed by atoms with Gasteiger partial charge in [0.15, 0.2) is 0 Å². The molecular weight excluding hydrogens is 460 g/mol. The Kier molecular flexibility index (Phi) is 6.08. The summed E-state index contributed by atoms with van der Waals surface area (Å²) in [6.45, 7) is 4.45. The van der Waals surface area contributed by atoms with E-state index >= 15 is 0 Å². The number of piperazine rings is 1. The molecule has 0 N–H and O–H groups in total. The zero-order valence-corrected chi connectivity index (χ0v) is 19.3. The average Bonchev–Trinajstić information content (AvgIpc) is 3.28. The predicted octanol–water partition coefficient (Wildman–Crippen LogP) is 2.53. The van der Waals surface area contributed by atoms with E-state index in [9.17, 15) is 26.8 Å². The van der Waals surface area contributed by atoms with Crippen LogP contribution in [0.25, 0.3) is 0 Å². The van der Waals surface area contributed by atoms with Gasteiger partial charge >= 0.3 is 0 Å². The van der Waals surface area contributed by atoms with Crippen LogP contribution in [0, 0.1) is 31.4 Å². The van der Waals surface area contributed by atoms with Crippen molar-refractivity contribution in [1.82, 2.24) is 9.21 Å². The molecule has 0 spiro atoms. The van der Waals surface area contributed by atoms with Crippen molar-refractivity contribution >= 4 is 38.9 Å². The molecule has 11 heteroatoms. The van der Waals surface area contributed by atoms with Gasteiger partial charge in [-0.05, 0) is 32.0 Å². The van der Waals surface area contributed by atoms with E-state index in [1.807, 2.05) is 6.92 Å². The fourth-order valence-corrected chi connectivity index (χ4v) is 7.17. The fraction of sp³-hybridized carbons (Fsp3) is 0.429. The van der Waals surface area contributed by atoms with Gasteiger partial charge in [0, 0.05) is 60.7 Å². The molecule has 2 aliphatic rings. The Morgan fingerprint density at radius 1 is 1.03 bits per heavy atom. The number of carbonyl (C=O) groups excluding carboxylic acids is 2. The number of benzene rings is 1. The minimum Gasteiger partial charge on any atom is -0.340 e. The first-order valence-electron chi connectivity index (χ1n) is 10.2. The second-order valence-corrected chi connectivity index (χ2v) is 11.4. The standard InChI is InChI=1S/C21H23F2N3O4S2/c1-13-7-19(14(2)31-13)32(29,30)25-5-3-24(4-6-25)21(28)15-8-20(27)26(12-15)18-10-16(22)9-17(23)11-18/h7,9-11,15H,3-6,8,12H2,1-2H3. The van der Waals surface area contributed by atoms with E-state index in [1.54, 1.807) is 17.9 Å². The van der Waals surface area contributed by atoms with E-state index in [4.69, 9.17) is 0 Å². The molecule has 4 rings (SSSR count). The topological polar surface area (TPSA) is 78.0 Å². The Morgan fingerprint density at radius 2 is 1.66 bits per heavy atom. The maximum atomic E-state index is 13.5. The number of hydrogen-bond acceptors (Lipinski definition) is 5. The van der Waals surface area contributed by atoms with Gasteiger partial charge in [-0.15, -0.1) is 11.3 Å². The first-order valence-corrected chi connectivity index (χ1v) is 12.4. The van der Waals surface area contributed by atoms with Crippen molar-refractivity contribution in [2.24, 2.45) is 5.92 Å². The molecule has 7 nitrogen and oxygen atoms in total. The summed E-state index contributed by atoms with van der Waals surface area (Å²) in [5.74, 6) is -2.86. The molecule has 1 aromatic heterocycles. The average molecular weight is 484 g/mol. The van der Waals surface area contributed by atoms with E-state index in [0.29, 0.717) is 4.90 Å². The van der Waals surface area contributed by atoms with Crippen molar-refractivity contribution in [3.63, 3.8) is 0 Å². The third-order valence-corrected chi connectivity index (χ3v) is 8.92. The summed E-state index contributed by atoms with van der Waals surface area (Å²) in [4.78, 5) is 30.1. The Balaban J connectivity index is 1.40. The summed E-state index contributed by atoms with van der Waals surface area (Å²) < 4.78 is 54.4. The zero-order chi connectivity index (χ0) is 23.2. The number of thiophene rings is 1. The first-order chi connectivity index (χ1) is 15.1. The Labute approximate surface area is 189 Å². The molecule has 1 atom stereocenters. The highest BCUT2D eigenvalue weighted by molar-refractivity contribution is 7.89. The van der Waals surface area contributed by atoms with Crippen LogP contribution in [-0.2, 0) is 19.6 Å². The summed E-state index contributed by atoms with van der Waals surface area (Å²) in [7, 11) is -3.63. The van der Waals surface area contributed by atoms with E-state index in [1.165, 1.54) is 20.5 Å². The number of nitrogens with zero attached hydrogens (tertiary/aromatic N) is 3. The van der Waals surface area contributed by atoms with Gasteiger partial charge in [0.1, 0.15) is 11.6 Å². The van der Waals surface area contributed by atoms with Crippen LogP contribution in [0.1, 0.15) is 16.2 Å². The largest absolute Gasteiger partial charge is 0.340 e. The number of amides is 2. The predicted molar refractivity (Wildman–Crippen MR) is 116 cm³/mol. The number of aryl methyl sites for hydroxylation is 2. The number of anilines is 1. The summed E-state index contributed by atoms with van der Waals surface area (Å²) in [6.07, 6.45) is -0.0527. The Bertz CT molecular complexity index is 1150. The Morgan fingerprint density at radius 3 is 2.22 bits per heavy atom. The highest BCUT2D eigenvalue weighted by Crippen LogP contribution is 2.30. The van der Waals surface area contributed by atoms with E-state index in [2.05, 4.69) is 0 Å². The third kappa shape index (κ3) is 4.28. The van der Waals surface area contributed by atoms with Crippen molar-refractivity contribution < 1.29 is 26.8 Å². The molecule has 0 radical (unpaired) electrons. The molecule has 2 saturated heterocycles. The SMILES string of the molecule is Cc1cc(S(=O)(=O)N2CCN(C(=O)C3CC(=O)N(c4cc(F)cc(F)c4)C3)CC2)c(C)s1. The van der Waals surface area contributed by atoms with Gasteiger partial charge in [0.2, 0.25) is 21.8 Å². The minimum absolute atomic E-state index is 0.0342. The lowest BCUT2D eigenvalue weighted by molar-refractivity contribution is -0.136. The van der Waals surface area contributed by atoms with Gasteiger partial charge < -0.3 is 9.80 Å². The lowest BCUT2D eigenvalue weighted by Crippen LogP contribution is -2.52. The minimum atomic E-state index is -3.63. The van der Waals surface area contributed by atoms with Crippen molar-refractivity contribution in [2.75, 3.05) is 37.6 Å². The van der Waals surface area contributed by atoms with E-state index in [0.717, 1.165) is 28.0 Å². The first kappa shape index (κ1) is 22.8. The van der Waals surface area contributed by atoms with E-state index in [-0.39, 0.29) is 56.6 Å². The van der Waals surface area contributed by atoms with Gasteiger partial charge in [-0.2, -0.15) is 4.31 Å². The second kappa shape index (κ2) is 8.53. The smallest absolute Gasteiger partial charge is 0.244 e. The summed E-state index contributed by atoms with van der Waals surface area (Å²) in [6, 6.07) is 4.51. The number of sulfonamides is 1. The highest BCUT2D eigenvalue weighted by Gasteiger charge is 2.39. The van der Waals surface area contributed by atoms with Crippen molar-refractivity contribution in [3.05, 3.63) is 45.7 Å². The van der Waals surface area contributed by atoms with Crippen LogP contribution in [0.4, 0.5) is 14.5 Å². The summed E-state index contributed by atoms with van der Waals surface area (Å²) in [5.41, 5.74) is 0.0835. The molecule has 3 heterocycles. The van der Waals surface area contributed by atoms with Crippen molar-refractivity contribution in [1.29, 1.82) is 0 Å². The molecule has 0 bridgehead atoms. The van der Waals surface area contributed by atoms with E-state index < -0.39 is 27.6 Å². The maximum absolute atomic E-state index is 13.5. The molecule has 2 aliphatic heterocycles. The number of carbonyl (C=O) groups is 2. The molecule has 2 amide bonds. The van der Waals surface area contributed by atoms with Crippen LogP contribution in [-0.4, -0.2) is 62.2 Å². The monoisotopic (exact) mass is 483 g/mol. The molecule has 2 fully saturated rings.